The van der Waals surface area contributed by atoms with Crippen LogP contribution in [0.25, 0.3) is 0 Å². The molecule has 0 aliphatic heterocycles. The molecule has 0 spiro atoms. The van der Waals surface area contributed by atoms with Crippen LogP contribution in [0.15, 0.2) is 9.98 Å². The molecule has 0 amide bonds. The van der Waals surface area contributed by atoms with Gasteiger partial charge >= 0.3 is 0 Å². The van der Waals surface area contributed by atoms with Gasteiger partial charge in [-0.2, -0.15) is 0 Å². The molecule has 0 aliphatic carbocycles. The number of hydrogen-bond donors (Lipinski definition) is 1. The van der Waals surface area contributed by atoms with Crippen molar-refractivity contribution in [1.29, 1.82) is 5.41 Å². The van der Waals surface area contributed by atoms with Crippen LogP contribution in [0.3, 0.4) is 0 Å². The maximum Gasteiger partial charge on any atom is 0.0732 e. The van der Waals surface area contributed by atoms with E-state index in [1.54, 1.807) is 6.21 Å². The summed E-state index contributed by atoms with van der Waals surface area (Å²) in [5.41, 5.74) is 0. The lowest BCUT2D eigenvalue weighted by Gasteiger charge is -1.77. The lowest BCUT2D eigenvalue weighted by molar-refractivity contribution is 1.26. The van der Waals surface area contributed by atoms with Gasteiger partial charge in [0.05, 0.1) is 13.1 Å². The van der Waals surface area contributed by atoms with Crippen LogP contribution < -0.4 is 0 Å². The van der Waals surface area contributed by atoms with Gasteiger partial charge in [0.1, 0.15) is 0 Å². The Morgan fingerprint density at radius 1 is 1.50 bits per heavy atom. The van der Waals surface area contributed by atoms with E-state index in [9.17, 15) is 0 Å². The van der Waals surface area contributed by atoms with Crippen molar-refractivity contribution in [2.75, 3.05) is 13.1 Å². The second-order valence-electron chi connectivity index (χ2n) is 1.16. The van der Waals surface area contributed by atoms with E-state index in [2.05, 4.69) is 16.7 Å². The average molecular weight is 111 g/mol. The first-order chi connectivity index (χ1) is 3.91. The minimum atomic E-state index is 0.454. The highest BCUT2D eigenvalue weighted by molar-refractivity contribution is 5.65. The van der Waals surface area contributed by atoms with Crippen molar-refractivity contribution in [3.05, 3.63) is 0 Å². The van der Waals surface area contributed by atoms with Crippen LogP contribution >= 0.6 is 0 Å². The van der Waals surface area contributed by atoms with E-state index in [1.807, 2.05) is 0 Å². The minimum Gasteiger partial charge on any atom is -0.311 e. The molecule has 3 nitrogen and oxygen atoms in total. The molecule has 8 heavy (non-hydrogen) atoms. The second-order valence-corrected chi connectivity index (χ2v) is 1.16. The Kier molecular flexibility index (Phi) is 5.27. The van der Waals surface area contributed by atoms with Crippen LogP contribution in [0.1, 0.15) is 0 Å². The first-order valence-electron chi connectivity index (χ1n) is 2.31. The zero-order valence-electron chi connectivity index (χ0n) is 4.67. The maximum atomic E-state index is 6.55. The van der Waals surface area contributed by atoms with Crippen LogP contribution in [-0.4, -0.2) is 32.2 Å². The standard InChI is InChI=1S/C5H9N3/c1-7-4-5-8-3-2-6/h2,5-6H,1,3-4H2. The van der Waals surface area contributed by atoms with Crippen molar-refractivity contribution in [3.63, 3.8) is 0 Å². The molecule has 1 N–H and O–H groups in total. The third kappa shape index (κ3) is 5.01. The van der Waals surface area contributed by atoms with E-state index in [0.29, 0.717) is 13.1 Å². The van der Waals surface area contributed by atoms with Crippen LogP contribution in [0, 0.1) is 5.41 Å². The summed E-state index contributed by atoms with van der Waals surface area (Å²) in [6.07, 6.45) is 2.87. The van der Waals surface area contributed by atoms with Crippen LogP contribution in [0.5, 0.6) is 0 Å². The van der Waals surface area contributed by atoms with E-state index in [0.717, 1.165) is 0 Å². The molecule has 0 fully saturated rings. The van der Waals surface area contributed by atoms with Crippen molar-refractivity contribution < 1.29 is 0 Å². The van der Waals surface area contributed by atoms with E-state index >= 15 is 0 Å². The third-order valence-corrected chi connectivity index (χ3v) is 0.537. The van der Waals surface area contributed by atoms with E-state index in [4.69, 9.17) is 5.41 Å². The minimum absolute atomic E-state index is 0.454. The summed E-state index contributed by atoms with van der Waals surface area (Å²) in [5.74, 6) is 0. The fourth-order valence-corrected chi connectivity index (χ4v) is 0.243. The molecule has 0 saturated carbocycles. The SMILES string of the molecule is C=NCC=NCC=N. The highest BCUT2D eigenvalue weighted by Crippen LogP contribution is 1.62. The zero-order chi connectivity index (χ0) is 6.24. The van der Waals surface area contributed by atoms with Gasteiger partial charge in [0.2, 0.25) is 0 Å². The molecule has 0 unspecified atom stereocenters. The van der Waals surface area contributed by atoms with Crippen LogP contribution in [0.4, 0.5) is 0 Å². The third-order valence-electron chi connectivity index (χ3n) is 0.537. The largest absolute Gasteiger partial charge is 0.311 e. The van der Waals surface area contributed by atoms with E-state index < -0.39 is 0 Å². The molecule has 3 heteroatoms. The van der Waals surface area contributed by atoms with Gasteiger partial charge in [-0.1, -0.05) is 0 Å². The molecule has 0 saturated heterocycles. The van der Waals surface area contributed by atoms with Gasteiger partial charge in [-0.15, -0.1) is 0 Å². The Bertz CT molecular complexity index is 83.8. The summed E-state index contributed by atoms with van der Waals surface area (Å²) in [6.45, 7) is 4.26. The van der Waals surface area contributed by atoms with Crippen LogP contribution in [0.2, 0.25) is 0 Å². The lowest BCUT2D eigenvalue weighted by Crippen LogP contribution is -1.83. The molecule has 0 rings (SSSR count). The highest BCUT2D eigenvalue weighted by atomic mass is 14.8. The summed E-state index contributed by atoms with van der Waals surface area (Å²) in [6, 6.07) is 0. The predicted molar refractivity (Wildman–Crippen MR) is 36.6 cm³/mol. The van der Waals surface area contributed by atoms with Gasteiger partial charge in [-0.25, -0.2) is 0 Å². The first-order valence-corrected chi connectivity index (χ1v) is 2.31. The number of rotatable bonds is 4. The molecule has 0 aromatic rings. The molecule has 0 aromatic heterocycles. The number of aliphatic imine (C=N–C) groups is 2. The molecule has 44 valence electrons. The molecule has 0 aliphatic rings. The molecule has 0 radical (unpaired) electrons. The Morgan fingerprint density at radius 3 is 2.75 bits per heavy atom. The number of hydrogen-bond acceptors (Lipinski definition) is 3. The number of nitrogens with one attached hydrogen (secondary N) is 1. The quantitative estimate of drug-likeness (QED) is 0.511. The zero-order valence-corrected chi connectivity index (χ0v) is 4.67. The molecule has 0 aromatic carbocycles. The van der Waals surface area contributed by atoms with Crippen LogP contribution in [-0.2, 0) is 0 Å². The van der Waals surface area contributed by atoms with Crippen molar-refractivity contribution in [3.8, 4) is 0 Å². The molecular weight excluding hydrogens is 102 g/mol. The molecular formula is C5H9N3. The molecule has 0 heterocycles. The summed E-state index contributed by atoms with van der Waals surface area (Å²) in [7, 11) is 0. The van der Waals surface area contributed by atoms with Gasteiger partial charge in [0.25, 0.3) is 0 Å². The van der Waals surface area contributed by atoms with Gasteiger partial charge in [-0.3, -0.25) is 9.98 Å². The van der Waals surface area contributed by atoms with Gasteiger partial charge in [-0.05, 0) is 6.72 Å². The Balaban J connectivity index is 3.06. The Labute approximate surface area is 48.7 Å². The Hall–Kier alpha value is -0.990. The van der Waals surface area contributed by atoms with E-state index in [-0.39, 0.29) is 0 Å². The number of nitrogens with zero attached hydrogens (tertiary/aromatic N) is 2. The predicted octanol–water partition coefficient (Wildman–Crippen LogP) is 0.407. The van der Waals surface area contributed by atoms with Crippen molar-refractivity contribution in [2.24, 2.45) is 9.98 Å². The topological polar surface area (TPSA) is 48.6 Å². The molecule has 0 bridgehead atoms. The summed E-state index contributed by atoms with van der Waals surface area (Å²) < 4.78 is 0. The van der Waals surface area contributed by atoms with Gasteiger partial charge < -0.3 is 5.41 Å². The summed E-state index contributed by atoms with van der Waals surface area (Å²) in [5, 5.41) is 6.55. The summed E-state index contributed by atoms with van der Waals surface area (Å²) in [4.78, 5) is 7.31. The first kappa shape index (κ1) is 7.01. The smallest absolute Gasteiger partial charge is 0.0732 e. The normalized spacial score (nSPS) is 9.50. The van der Waals surface area contributed by atoms with Crippen molar-refractivity contribution in [1.82, 2.24) is 0 Å². The summed E-state index contributed by atoms with van der Waals surface area (Å²) >= 11 is 0. The average Bonchev–Trinajstić information content (AvgIpc) is 1.81. The Morgan fingerprint density at radius 2 is 2.25 bits per heavy atom. The van der Waals surface area contributed by atoms with E-state index in [1.165, 1.54) is 6.21 Å². The van der Waals surface area contributed by atoms with Crippen molar-refractivity contribution in [2.45, 2.75) is 0 Å². The van der Waals surface area contributed by atoms with Gasteiger partial charge in [0.15, 0.2) is 0 Å². The molecule has 0 atom stereocenters. The second kappa shape index (κ2) is 6.01. The fraction of sp³-hybridized carbons (Fsp3) is 0.400. The monoisotopic (exact) mass is 111 g/mol. The van der Waals surface area contributed by atoms with Crippen molar-refractivity contribution >= 4 is 19.1 Å². The highest BCUT2D eigenvalue weighted by Gasteiger charge is 1.67. The maximum absolute atomic E-state index is 6.55. The fourth-order valence-electron chi connectivity index (χ4n) is 0.243. The van der Waals surface area contributed by atoms with Gasteiger partial charge in [0, 0.05) is 12.4 Å². The lowest BCUT2D eigenvalue weighted by atomic mass is 10.7.